The predicted octanol–water partition coefficient (Wildman–Crippen LogP) is 10.2. The molecular weight excluding hydrogens is 545 g/mol. The van der Waals surface area contributed by atoms with Gasteiger partial charge in [-0.15, -0.1) is 0 Å². The molecule has 2 heterocycles. The molecule has 0 atom stereocenters. The third-order valence-electron chi connectivity index (χ3n) is 7.81. The van der Waals surface area contributed by atoms with Gasteiger partial charge in [0.1, 0.15) is 17.0 Å². The molecular formula is C39H24FN3O. The first-order chi connectivity index (χ1) is 21.7. The molecule has 0 bridgehead atoms. The zero-order chi connectivity index (χ0) is 29.5. The van der Waals surface area contributed by atoms with Crippen molar-refractivity contribution in [3.8, 4) is 56.4 Å². The number of halogens is 1. The maximum Gasteiger partial charge on any atom is 0.164 e. The van der Waals surface area contributed by atoms with E-state index in [1.54, 1.807) is 6.07 Å². The van der Waals surface area contributed by atoms with Gasteiger partial charge in [-0.3, -0.25) is 0 Å². The molecule has 208 valence electrons. The van der Waals surface area contributed by atoms with Crippen molar-refractivity contribution in [1.29, 1.82) is 0 Å². The Morgan fingerprint density at radius 2 is 0.955 bits per heavy atom. The summed E-state index contributed by atoms with van der Waals surface area (Å²) in [4.78, 5) is 14.4. The molecule has 0 spiro atoms. The zero-order valence-corrected chi connectivity index (χ0v) is 23.5. The largest absolute Gasteiger partial charge is 0.455 e. The zero-order valence-electron chi connectivity index (χ0n) is 23.5. The summed E-state index contributed by atoms with van der Waals surface area (Å²) in [5.41, 5.74) is 7.21. The van der Waals surface area contributed by atoms with Crippen LogP contribution in [0.15, 0.2) is 150 Å². The average Bonchev–Trinajstić information content (AvgIpc) is 3.48. The van der Waals surface area contributed by atoms with Gasteiger partial charge in [0.2, 0.25) is 0 Å². The summed E-state index contributed by atoms with van der Waals surface area (Å²) < 4.78 is 21.8. The van der Waals surface area contributed by atoms with Crippen molar-refractivity contribution in [2.45, 2.75) is 0 Å². The number of rotatable bonds is 5. The molecule has 6 aromatic carbocycles. The maximum atomic E-state index is 15.5. The number of fused-ring (bicyclic) bond motifs is 3. The lowest BCUT2D eigenvalue weighted by atomic mass is 9.96. The lowest BCUT2D eigenvalue weighted by molar-refractivity contribution is 0.631. The number of benzene rings is 6. The number of hydrogen-bond acceptors (Lipinski definition) is 4. The van der Waals surface area contributed by atoms with Crippen molar-refractivity contribution < 1.29 is 8.81 Å². The van der Waals surface area contributed by atoms with Gasteiger partial charge in [0.05, 0.1) is 0 Å². The third-order valence-corrected chi connectivity index (χ3v) is 7.81. The van der Waals surface area contributed by atoms with Crippen LogP contribution < -0.4 is 0 Å². The molecule has 5 heteroatoms. The van der Waals surface area contributed by atoms with E-state index in [9.17, 15) is 0 Å². The second-order valence-electron chi connectivity index (χ2n) is 10.6. The third kappa shape index (κ3) is 4.61. The summed E-state index contributed by atoms with van der Waals surface area (Å²) in [5, 5.41) is 2.12. The number of hydrogen-bond donors (Lipinski definition) is 0. The summed E-state index contributed by atoms with van der Waals surface area (Å²) >= 11 is 0. The minimum absolute atomic E-state index is 0.325. The summed E-state index contributed by atoms with van der Waals surface area (Å²) in [6.45, 7) is 0. The molecule has 2 aromatic heterocycles. The van der Waals surface area contributed by atoms with Crippen LogP contribution in [0.5, 0.6) is 0 Å². The predicted molar refractivity (Wildman–Crippen MR) is 174 cm³/mol. The van der Waals surface area contributed by atoms with Gasteiger partial charge in [-0.05, 0) is 41.5 Å². The van der Waals surface area contributed by atoms with E-state index in [-0.39, 0.29) is 5.82 Å². The molecule has 0 amide bonds. The van der Waals surface area contributed by atoms with Crippen molar-refractivity contribution in [3.63, 3.8) is 0 Å². The molecule has 0 aliphatic carbocycles. The first-order valence-electron chi connectivity index (χ1n) is 14.4. The van der Waals surface area contributed by atoms with E-state index in [2.05, 4.69) is 12.1 Å². The van der Waals surface area contributed by atoms with E-state index >= 15 is 4.39 Å². The molecule has 0 fully saturated rings. The SMILES string of the molecule is Fc1ccc(-c2nc(-c3ccccc3)nc(-c3ccccc3)n2)cc1-c1cccc(-c2cccc3c2oc2ccccc23)c1. The minimum Gasteiger partial charge on any atom is -0.455 e. The quantitative estimate of drug-likeness (QED) is 0.207. The van der Waals surface area contributed by atoms with Crippen LogP contribution in [0, 0.1) is 5.82 Å². The van der Waals surface area contributed by atoms with Gasteiger partial charge in [0.25, 0.3) is 0 Å². The normalized spacial score (nSPS) is 11.3. The fourth-order valence-corrected chi connectivity index (χ4v) is 5.65. The Bertz CT molecular complexity index is 2240. The highest BCUT2D eigenvalue weighted by molar-refractivity contribution is 6.09. The lowest BCUT2D eigenvalue weighted by Gasteiger charge is -2.11. The Kier molecular flexibility index (Phi) is 6.27. The number of para-hydroxylation sites is 2. The van der Waals surface area contributed by atoms with Crippen molar-refractivity contribution in [2.75, 3.05) is 0 Å². The van der Waals surface area contributed by atoms with E-state index in [4.69, 9.17) is 19.4 Å². The van der Waals surface area contributed by atoms with Crippen LogP contribution >= 0.6 is 0 Å². The van der Waals surface area contributed by atoms with Gasteiger partial charge >= 0.3 is 0 Å². The van der Waals surface area contributed by atoms with Crippen LogP contribution in [0.3, 0.4) is 0 Å². The van der Waals surface area contributed by atoms with E-state index in [0.717, 1.165) is 49.8 Å². The smallest absolute Gasteiger partial charge is 0.164 e. The van der Waals surface area contributed by atoms with Gasteiger partial charge in [0, 0.05) is 38.6 Å². The second-order valence-corrected chi connectivity index (χ2v) is 10.6. The monoisotopic (exact) mass is 569 g/mol. The summed E-state index contributed by atoms with van der Waals surface area (Å²) in [5.74, 6) is 1.26. The highest BCUT2D eigenvalue weighted by Gasteiger charge is 2.16. The topological polar surface area (TPSA) is 51.8 Å². The van der Waals surface area contributed by atoms with Crippen molar-refractivity contribution >= 4 is 21.9 Å². The standard InChI is InChI=1S/C39H24FN3O/c40-34-22-21-29(39-42-37(25-11-3-1-4-12-25)41-38(43-39)26-13-5-2-6-14-26)24-33(34)28-16-9-15-27(23-28)30-18-10-19-32-31-17-7-8-20-35(31)44-36(30)32/h1-24H. The first-order valence-corrected chi connectivity index (χ1v) is 14.4. The van der Waals surface area contributed by atoms with Crippen LogP contribution in [-0.2, 0) is 0 Å². The number of furan rings is 1. The Morgan fingerprint density at radius 1 is 0.409 bits per heavy atom. The summed E-state index contributed by atoms with van der Waals surface area (Å²) in [6.07, 6.45) is 0. The molecule has 8 aromatic rings. The molecule has 44 heavy (non-hydrogen) atoms. The van der Waals surface area contributed by atoms with Crippen LogP contribution in [-0.4, -0.2) is 15.0 Å². The number of nitrogens with zero attached hydrogens (tertiary/aromatic N) is 3. The first kappa shape index (κ1) is 25.7. The molecule has 8 rings (SSSR count). The van der Waals surface area contributed by atoms with Gasteiger partial charge < -0.3 is 4.42 Å². The summed E-state index contributed by atoms with van der Waals surface area (Å²) in [7, 11) is 0. The lowest BCUT2D eigenvalue weighted by Crippen LogP contribution is -2.00. The molecule has 0 saturated carbocycles. The Morgan fingerprint density at radius 3 is 1.66 bits per heavy atom. The van der Waals surface area contributed by atoms with E-state index in [1.807, 2.05) is 121 Å². The van der Waals surface area contributed by atoms with Crippen LogP contribution in [0.4, 0.5) is 4.39 Å². The average molecular weight is 570 g/mol. The van der Waals surface area contributed by atoms with Gasteiger partial charge in [-0.2, -0.15) is 0 Å². The number of aromatic nitrogens is 3. The fraction of sp³-hybridized carbons (Fsp3) is 0. The van der Waals surface area contributed by atoms with E-state index < -0.39 is 0 Å². The van der Waals surface area contributed by atoms with Crippen LogP contribution in [0.25, 0.3) is 78.4 Å². The van der Waals surface area contributed by atoms with Crippen molar-refractivity contribution in [1.82, 2.24) is 15.0 Å². The minimum atomic E-state index is -0.325. The summed E-state index contributed by atoms with van der Waals surface area (Å²) in [6, 6.07) is 46.7. The Hall–Kier alpha value is -5.94. The van der Waals surface area contributed by atoms with E-state index in [0.29, 0.717) is 28.6 Å². The molecule has 4 nitrogen and oxygen atoms in total. The van der Waals surface area contributed by atoms with Gasteiger partial charge in [-0.25, -0.2) is 19.3 Å². The van der Waals surface area contributed by atoms with Crippen LogP contribution in [0.1, 0.15) is 0 Å². The molecule has 0 aliphatic rings. The fourth-order valence-electron chi connectivity index (χ4n) is 5.65. The highest BCUT2D eigenvalue weighted by Crippen LogP contribution is 2.38. The van der Waals surface area contributed by atoms with Crippen LogP contribution in [0.2, 0.25) is 0 Å². The Balaban J connectivity index is 1.25. The highest BCUT2D eigenvalue weighted by atomic mass is 19.1. The van der Waals surface area contributed by atoms with Gasteiger partial charge in [-0.1, -0.05) is 115 Å². The Labute approximate surface area is 253 Å². The maximum absolute atomic E-state index is 15.5. The van der Waals surface area contributed by atoms with E-state index in [1.165, 1.54) is 6.07 Å². The molecule has 0 aliphatic heterocycles. The molecule has 0 radical (unpaired) electrons. The van der Waals surface area contributed by atoms with Crippen molar-refractivity contribution in [2.24, 2.45) is 0 Å². The van der Waals surface area contributed by atoms with Gasteiger partial charge in [0.15, 0.2) is 17.5 Å². The molecule has 0 unspecified atom stereocenters. The molecule has 0 saturated heterocycles. The molecule has 0 N–H and O–H groups in total. The van der Waals surface area contributed by atoms with Crippen molar-refractivity contribution in [3.05, 3.63) is 151 Å². The second kappa shape index (κ2) is 10.7.